The van der Waals surface area contributed by atoms with Gasteiger partial charge in [0, 0.05) is 36.1 Å². The Balaban J connectivity index is 2.76. The number of hydrogen-bond donors (Lipinski definition) is 2. The van der Waals surface area contributed by atoms with Crippen LogP contribution in [0, 0.1) is 11.8 Å². The van der Waals surface area contributed by atoms with Crippen LogP contribution in [0.15, 0.2) is 12.2 Å². The van der Waals surface area contributed by atoms with E-state index in [9.17, 15) is 9.59 Å². The molecule has 4 nitrogen and oxygen atoms in total. The number of nitrogens with one attached hydrogen (secondary N) is 2. The standard InChI is InChI=1S/C13H22N2O2S/c1-9(2)11-4-5-12(16)14-6-7-18-8-10(3)13(17)15-11/h4-5,9-11H,6-8H2,1-3H3,(H,14,16)(H,15,17)/b5-4+/t10-,11+/m0/s1. The molecule has 102 valence electrons. The number of hydrogen-bond acceptors (Lipinski definition) is 3. The predicted molar refractivity (Wildman–Crippen MR) is 75.4 cm³/mol. The van der Waals surface area contributed by atoms with Gasteiger partial charge in [0.1, 0.15) is 0 Å². The number of carbonyl (C=O) groups excluding carboxylic acids is 2. The van der Waals surface area contributed by atoms with E-state index < -0.39 is 0 Å². The van der Waals surface area contributed by atoms with Crippen LogP contribution in [0.3, 0.4) is 0 Å². The predicted octanol–water partition coefficient (Wildman–Crippen LogP) is 1.18. The second-order valence-electron chi connectivity index (χ2n) is 4.90. The summed E-state index contributed by atoms with van der Waals surface area (Å²) >= 11 is 1.69. The maximum Gasteiger partial charge on any atom is 0.243 e. The Bertz CT molecular complexity index is 329. The quantitative estimate of drug-likeness (QED) is 0.752. The van der Waals surface area contributed by atoms with Crippen molar-refractivity contribution in [2.75, 3.05) is 18.1 Å². The molecule has 1 heterocycles. The van der Waals surface area contributed by atoms with Gasteiger partial charge in [-0.05, 0) is 5.92 Å². The zero-order valence-corrected chi connectivity index (χ0v) is 12.0. The van der Waals surface area contributed by atoms with E-state index in [1.807, 2.05) is 20.8 Å². The van der Waals surface area contributed by atoms with Gasteiger partial charge in [-0.25, -0.2) is 0 Å². The Morgan fingerprint density at radius 3 is 2.78 bits per heavy atom. The van der Waals surface area contributed by atoms with Gasteiger partial charge in [0.05, 0.1) is 0 Å². The molecule has 0 spiro atoms. The number of amides is 2. The van der Waals surface area contributed by atoms with E-state index in [0.29, 0.717) is 6.54 Å². The molecule has 0 aromatic carbocycles. The molecule has 0 unspecified atom stereocenters. The van der Waals surface area contributed by atoms with Gasteiger partial charge in [0.25, 0.3) is 0 Å². The van der Waals surface area contributed by atoms with Crippen LogP contribution in [-0.4, -0.2) is 35.9 Å². The van der Waals surface area contributed by atoms with Crippen LogP contribution in [0.25, 0.3) is 0 Å². The molecular weight excluding hydrogens is 248 g/mol. The Labute approximate surface area is 113 Å². The van der Waals surface area contributed by atoms with Crippen molar-refractivity contribution in [3.63, 3.8) is 0 Å². The maximum absolute atomic E-state index is 12.0. The fourth-order valence-electron chi connectivity index (χ4n) is 1.58. The topological polar surface area (TPSA) is 58.2 Å². The fraction of sp³-hybridized carbons (Fsp3) is 0.692. The van der Waals surface area contributed by atoms with Crippen molar-refractivity contribution < 1.29 is 9.59 Å². The van der Waals surface area contributed by atoms with Crippen LogP contribution in [0.5, 0.6) is 0 Å². The summed E-state index contributed by atoms with van der Waals surface area (Å²) in [6, 6.07) is -0.0878. The van der Waals surface area contributed by atoms with Gasteiger partial charge in [-0.15, -0.1) is 0 Å². The SMILES string of the molecule is CC(C)[C@H]1/C=C/C(=O)NCCSC[C@H](C)C(=O)N1. The number of thioether (sulfide) groups is 1. The van der Waals surface area contributed by atoms with Gasteiger partial charge in [0.15, 0.2) is 0 Å². The molecule has 0 bridgehead atoms. The van der Waals surface area contributed by atoms with E-state index in [0.717, 1.165) is 11.5 Å². The molecule has 18 heavy (non-hydrogen) atoms. The Kier molecular flexibility index (Phi) is 6.25. The van der Waals surface area contributed by atoms with E-state index in [4.69, 9.17) is 0 Å². The minimum atomic E-state index is -0.0934. The summed E-state index contributed by atoms with van der Waals surface area (Å²) in [4.78, 5) is 23.5. The average molecular weight is 270 g/mol. The van der Waals surface area contributed by atoms with Crippen LogP contribution in [0.4, 0.5) is 0 Å². The molecule has 0 aliphatic carbocycles. The van der Waals surface area contributed by atoms with E-state index >= 15 is 0 Å². The Morgan fingerprint density at radius 2 is 2.11 bits per heavy atom. The summed E-state index contributed by atoms with van der Waals surface area (Å²) in [7, 11) is 0. The van der Waals surface area contributed by atoms with Crippen molar-refractivity contribution >= 4 is 23.6 Å². The molecule has 1 rings (SSSR count). The first-order valence-corrected chi connectivity index (χ1v) is 7.50. The largest absolute Gasteiger partial charge is 0.352 e. The summed E-state index contributed by atoms with van der Waals surface area (Å²) in [6.45, 7) is 6.64. The second kappa shape index (κ2) is 7.46. The molecule has 0 saturated carbocycles. The number of rotatable bonds is 1. The number of carbonyl (C=O) groups is 2. The van der Waals surface area contributed by atoms with Crippen molar-refractivity contribution in [3.05, 3.63) is 12.2 Å². The van der Waals surface area contributed by atoms with Crippen LogP contribution < -0.4 is 10.6 Å². The van der Waals surface area contributed by atoms with Crippen molar-refractivity contribution in [3.8, 4) is 0 Å². The molecule has 0 fully saturated rings. The molecule has 2 amide bonds. The van der Waals surface area contributed by atoms with Gasteiger partial charge in [0.2, 0.25) is 11.8 Å². The van der Waals surface area contributed by atoms with E-state index in [2.05, 4.69) is 10.6 Å². The molecule has 0 aromatic rings. The highest BCUT2D eigenvalue weighted by Crippen LogP contribution is 2.11. The molecule has 2 atom stereocenters. The first-order valence-electron chi connectivity index (χ1n) is 6.35. The first-order chi connectivity index (χ1) is 8.50. The maximum atomic E-state index is 12.0. The summed E-state index contributed by atoms with van der Waals surface area (Å²) in [5, 5.41) is 5.81. The van der Waals surface area contributed by atoms with E-state index in [1.54, 1.807) is 17.8 Å². The Morgan fingerprint density at radius 1 is 1.39 bits per heavy atom. The van der Waals surface area contributed by atoms with Crippen LogP contribution >= 0.6 is 11.8 Å². The zero-order valence-electron chi connectivity index (χ0n) is 11.2. The van der Waals surface area contributed by atoms with Crippen molar-refractivity contribution in [1.29, 1.82) is 0 Å². The summed E-state index contributed by atoms with van der Waals surface area (Å²) in [5.41, 5.74) is 0. The summed E-state index contributed by atoms with van der Waals surface area (Å²) < 4.78 is 0. The van der Waals surface area contributed by atoms with E-state index in [1.165, 1.54) is 6.08 Å². The molecule has 0 saturated heterocycles. The highest BCUT2D eigenvalue weighted by atomic mass is 32.2. The van der Waals surface area contributed by atoms with Crippen LogP contribution in [-0.2, 0) is 9.59 Å². The minimum absolute atomic E-state index is 0.000205. The fourth-order valence-corrected chi connectivity index (χ4v) is 2.49. The van der Waals surface area contributed by atoms with Crippen LogP contribution in [0.2, 0.25) is 0 Å². The van der Waals surface area contributed by atoms with Gasteiger partial charge >= 0.3 is 0 Å². The third kappa shape index (κ3) is 5.12. The Hall–Kier alpha value is -0.970. The lowest BCUT2D eigenvalue weighted by Gasteiger charge is -2.22. The second-order valence-corrected chi connectivity index (χ2v) is 6.05. The molecular formula is C13H22N2O2S. The molecule has 0 aromatic heterocycles. The monoisotopic (exact) mass is 270 g/mol. The first kappa shape index (κ1) is 15.1. The van der Waals surface area contributed by atoms with Gasteiger partial charge < -0.3 is 10.6 Å². The molecule has 1 aliphatic rings. The summed E-state index contributed by atoms with van der Waals surface area (Å²) in [6.07, 6.45) is 3.29. The lowest BCUT2D eigenvalue weighted by atomic mass is 10.0. The molecule has 2 N–H and O–H groups in total. The lowest BCUT2D eigenvalue weighted by Crippen LogP contribution is -2.41. The highest BCUT2D eigenvalue weighted by molar-refractivity contribution is 7.99. The molecule has 1 aliphatic heterocycles. The van der Waals surface area contributed by atoms with Gasteiger partial charge in [-0.1, -0.05) is 26.8 Å². The lowest BCUT2D eigenvalue weighted by molar-refractivity contribution is -0.124. The average Bonchev–Trinajstić information content (AvgIpc) is 2.31. The third-order valence-corrected chi connectivity index (χ3v) is 4.07. The zero-order chi connectivity index (χ0) is 13.5. The van der Waals surface area contributed by atoms with Crippen molar-refractivity contribution in [2.24, 2.45) is 11.8 Å². The van der Waals surface area contributed by atoms with Crippen LogP contribution in [0.1, 0.15) is 20.8 Å². The van der Waals surface area contributed by atoms with Crippen molar-refractivity contribution in [1.82, 2.24) is 10.6 Å². The normalized spacial score (nSPS) is 28.9. The third-order valence-electron chi connectivity index (χ3n) is 2.84. The minimum Gasteiger partial charge on any atom is -0.352 e. The molecule has 5 heteroatoms. The molecule has 0 radical (unpaired) electrons. The van der Waals surface area contributed by atoms with E-state index in [-0.39, 0.29) is 29.7 Å². The van der Waals surface area contributed by atoms with Crippen molar-refractivity contribution in [2.45, 2.75) is 26.8 Å². The van der Waals surface area contributed by atoms with Gasteiger partial charge in [-0.2, -0.15) is 11.8 Å². The highest BCUT2D eigenvalue weighted by Gasteiger charge is 2.19. The van der Waals surface area contributed by atoms with Gasteiger partial charge in [-0.3, -0.25) is 9.59 Å². The summed E-state index contributed by atoms with van der Waals surface area (Å²) in [5.74, 6) is 1.86. The smallest absolute Gasteiger partial charge is 0.243 e.